The maximum Gasteiger partial charge on any atom is 0.261 e. The molecule has 1 amide bonds. The molecular weight excluding hydrogens is 594 g/mol. The first kappa shape index (κ1) is 32.7. The third kappa shape index (κ3) is 4.77. The number of likely N-dealkylation sites (tertiary alicyclic amines) is 1. The van der Waals surface area contributed by atoms with E-state index in [0.717, 1.165) is 6.07 Å². The van der Waals surface area contributed by atoms with E-state index < -0.39 is 87.7 Å². The van der Waals surface area contributed by atoms with E-state index in [0.29, 0.717) is 0 Å². The standard InChI is InChI=1S/C26H28F3N3O7.2ClH/c1-31(2)19-13-6-10-5-12-16(14(33)7-11(18(12)27)8-32-4-3-25(28,29)9-32)20(34)15(10)22(36)26(13,39)23(37)17(21(19)35)24(30)38;;/h7,10,13,19,33-34,37,39H,3-6,8-9H2,1-2H3,(H2,30,38);2*1H/t10-,13-,19-,26-;;/m0../s1. The molecule has 2 fully saturated rings. The molecule has 10 nitrogen and oxygen atoms in total. The van der Waals surface area contributed by atoms with Crippen LogP contribution in [0.3, 0.4) is 0 Å². The van der Waals surface area contributed by atoms with Crippen molar-refractivity contribution in [2.24, 2.45) is 17.6 Å². The van der Waals surface area contributed by atoms with E-state index in [1.807, 2.05) is 0 Å². The molecule has 41 heavy (non-hydrogen) atoms. The smallest absolute Gasteiger partial charge is 0.261 e. The van der Waals surface area contributed by atoms with Crippen LogP contribution in [0.2, 0.25) is 0 Å². The third-order valence-corrected chi connectivity index (χ3v) is 8.37. The molecule has 1 aliphatic heterocycles. The minimum Gasteiger partial charge on any atom is -0.508 e. The molecule has 1 aromatic rings. The van der Waals surface area contributed by atoms with E-state index in [1.165, 1.54) is 23.9 Å². The SMILES string of the molecule is CN(C)[C@@H]1C(=O)C(C(N)=O)=C(O)[C@@]2(O)C(=O)C3=C(O)c4c(O)cc(CN5CCC(F)(F)C5)c(F)c4C[C@H]3C[C@@H]12.Cl.Cl. The Morgan fingerprint density at radius 3 is 2.37 bits per heavy atom. The highest BCUT2D eigenvalue weighted by molar-refractivity contribution is 6.24. The summed E-state index contributed by atoms with van der Waals surface area (Å²) < 4.78 is 43.0. The number of nitrogens with two attached hydrogens (primary N) is 1. The van der Waals surface area contributed by atoms with Crippen LogP contribution in [0, 0.1) is 17.7 Å². The quantitative estimate of drug-likeness (QED) is 0.314. The van der Waals surface area contributed by atoms with Gasteiger partial charge in [-0.2, -0.15) is 0 Å². The molecule has 0 unspecified atom stereocenters. The Morgan fingerprint density at radius 2 is 1.83 bits per heavy atom. The molecule has 1 saturated heterocycles. The number of alkyl halides is 2. The van der Waals surface area contributed by atoms with Crippen LogP contribution in [0.15, 0.2) is 23.0 Å². The number of ketones is 2. The predicted octanol–water partition coefficient (Wildman–Crippen LogP) is 1.79. The summed E-state index contributed by atoms with van der Waals surface area (Å²) in [4.78, 5) is 41.6. The fourth-order valence-electron chi connectivity index (χ4n) is 6.64. The van der Waals surface area contributed by atoms with Crippen molar-refractivity contribution in [3.8, 4) is 5.75 Å². The number of likely N-dealkylation sites (N-methyl/N-ethyl adjacent to an activating group) is 1. The number of halogens is 5. The summed E-state index contributed by atoms with van der Waals surface area (Å²) in [6.45, 7) is -0.750. The zero-order valence-electron chi connectivity index (χ0n) is 22.0. The molecule has 1 aromatic carbocycles. The molecule has 6 N–H and O–H groups in total. The van der Waals surface area contributed by atoms with Crippen LogP contribution in [0.1, 0.15) is 29.5 Å². The fraction of sp³-hybridized carbons (Fsp3) is 0.500. The van der Waals surface area contributed by atoms with Gasteiger partial charge in [0.15, 0.2) is 11.4 Å². The monoisotopic (exact) mass is 623 g/mol. The van der Waals surface area contributed by atoms with Gasteiger partial charge >= 0.3 is 0 Å². The number of benzene rings is 1. The van der Waals surface area contributed by atoms with Crippen LogP contribution in [-0.2, 0) is 27.3 Å². The summed E-state index contributed by atoms with van der Waals surface area (Å²) in [5.74, 6) is -12.0. The summed E-state index contributed by atoms with van der Waals surface area (Å²) in [6, 6.07) is -0.264. The van der Waals surface area contributed by atoms with Crippen molar-refractivity contribution in [1.29, 1.82) is 0 Å². The van der Waals surface area contributed by atoms with Gasteiger partial charge in [0, 0.05) is 42.1 Å². The van der Waals surface area contributed by atoms with E-state index >= 15 is 4.39 Å². The predicted molar refractivity (Wildman–Crippen MR) is 144 cm³/mol. The number of primary amides is 1. The summed E-state index contributed by atoms with van der Waals surface area (Å²) in [6.07, 6.45) is -0.788. The topological polar surface area (TPSA) is 165 Å². The molecule has 0 bridgehead atoms. The van der Waals surface area contributed by atoms with Gasteiger partial charge in [-0.1, -0.05) is 0 Å². The lowest BCUT2D eigenvalue weighted by atomic mass is 9.57. The zero-order valence-corrected chi connectivity index (χ0v) is 23.6. The minimum absolute atomic E-state index is 0. The van der Waals surface area contributed by atoms with Gasteiger partial charge in [-0.3, -0.25) is 24.2 Å². The third-order valence-electron chi connectivity index (χ3n) is 8.37. The van der Waals surface area contributed by atoms with E-state index in [9.17, 15) is 43.6 Å². The first-order chi connectivity index (χ1) is 18.1. The molecule has 0 aromatic heterocycles. The Kier molecular flexibility index (Phi) is 8.58. The van der Waals surface area contributed by atoms with Gasteiger partial charge in [0.05, 0.1) is 18.2 Å². The first-order valence-corrected chi connectivity index (χ1v) is 12.4. The number of phenols is 1. The molecule has 1 heterocycles. The second kappa shape index (κ2) is 10.8. The lowest BCUT2D eigenvalue weighted by molar-refractivity contribution is -0.153. The van der Waals surface area contributed by atoms with Gasteiger partial charge in [-0.15, -0.1) is 24.8 Å². The Morgan fingerprint density at radius 1 is 1.20 bits per heavy atom. The van der Waals surface area contributed by atoms with Crippen molar-refractivity contribution in [2.75, 3.05) is 27.2 Å². The number of hydrogen-bond donors (Lipinski definition) is 5. The van der Waals surface area contributed by atoms with Crippen LogP contribution >= 0.6 is 24.8 Å². The summed E-state index contributed by atoms with van der Waals surface area (Å²) >= 11 is 0. The maximum atomic E-state index is 15.7. The number of nitrogens with zero attached hydrogens (tertiary/aromatic N) is 2. The second-order valence-corrected chi connectivity index (χ2v) is 11.0. The van der Waals surface area contributed by atoms with Gasteiger partial charge in [-0.25, -0.2) is 13.2 Å². The van der Waals surface area contributed by atoms with Crippen molar-refractivity contribution < 1.29 is 48.0 Å². The number of hydrogen-bond acceptors (Lipinski definition) is 9. The highest BCUT2D eigenvalue weighted by Gasteiger charge is 2.64. The van der Waals surface area contributed by atoms with Gasteiger partial charge in [-0.05, 0) is 38.9 Å². The number of phenolic OH excluding ortho intramolecular Hbond substituents is 1. The largest absolute Gasteiger partial charge is 0.508 e. The van der Waals surface area contributed by atoms with Crippen LogP contribution in [0.5, 0.6) is 5.75 Å². The molecule has 4 atom stereocenters. The molecule has 3 aliphatic carbocycles. The van der Waals surface area contributed by atoms with Crippen LogP contribution in [0.4, 0.5) is 13.2 Å². The average Bonchev–Trinajstić information content (AvgIpc) is 3.17. The van der Waals surface area contributed by atoms with Crippen molar-refractivity contribution in [1.82, 2.24) is 9.80 Å². The van der Waals surface area contributed by atoms with Crippen molar-refractivity contribution >= 4 is 48.0 Å². The normalized spacial score (nSPS) is 29.0. The van der Waals surface area contributed by atoms with E-state index in [1.54, 1.807) is 0 Å². The molecule has 15 heteroatoms. The van der Waals surface area contributed by atoms with Crippen molar-refractivity contribution in [3.05, 3.63) is 45.5 Å². The number of Topliss-reactive ketones (excluding diaryl/α,β-unsaturated/α-hetero) is 2. The fourth-order valence-corrected chi connectivity index (χ4v) is 6.64. The summed E-state index contributed by atoms with van der Waals surface area (Å²) in [7, 11) is 2.94. The van der Waals surface area contributed by atoms with Gasteiger partial charge in [0.1, 0.15) is 28.7 Å². The number of carbonyl (C=O) groups is 3. The van der Waals surface area contributed by atoms with Crippen molar-refractivity contribution in [3.63, 3.8) is 0 Å². The molecular formula is C26H30Cl2F3N3O7. The van der Waals surface area contributed by atoms with Gasteiger partial charge in [0.2, 0.25) is 5.78 Å². The molecule has 226 valence electrons. The molecule has 0 radical (unpaired) electrons. The number of aliphatic hydroxyl groups is 3. The highest BCUT2D eigenvalue weighted by atomic mass is 35.5. The number of fused-ring (bicyclic) bond motifs is 3. The van der Waals surface area contributed by atoms with Crippen LogP contribution in [-0.4, -0.2) is 92.4 Å². The Hall–Kier alpha value is -2.84. The number of aromatic hydroxyl groups is 1. The van der Waals surface area contributed by atoms with Gasteiger partial charge in [0.25, 0.3) is 11.8 Å². The number of aliphatic hydroxyl groups excluding tert-OH is 2. The lowest BCUT2D eigenvalue weighted by Gasteiger charge is -2.50. The Labute approximate surface area is 245 Å². The zero-order chi connectivity index (χ0) is 28.8. The highest BCUT2D eigenvalue weighted by Crippen LogP contribution is 2.53. The number of amides is 1. The number of carbonyl (C=O) groups excluding carboxylic acids is 3. The molecule has 0 spiro atoms. The molecule has 1 saturated carbocycles. The molecule has 5 rings (SSSR count). The lowest BCUT2D eigenvalue weighted by Crippen LogP contribution is -2.65. The van der Waals surface area contributed by atoms with E-state index in [4.69, 9.17) is 5.73 Å². The minimum atomic E-state index is -2.91. The Balaban J connectivity index is 0.00000231. The van der Waals surface area contributed by atoms with Crippen LogP contribution < -0.4 is 5.73 Å². The van der Waals surface area contributed by atoms with Crippen molar-refractivity contribution in [2.45, 2.75) is 43.4 Å². The Bertz CT molecular complexity index is 1400. The number of rotatable bonds is 4. The van der Waals surface area contributed by atoms with E-state index in [2.05, 4.69) is 0 Å². The average molecular weight is 624 g/mol. The maximum absolute atomic E-state index is 15.7. The first-order valence-electron chi connectivity index (χ1n) is 12.4. The van der Waals surface area contributed by atoms with Gasteiger partial charge < -0.3 is 26.2 Å². The molecule has 4 aliphatic rings. The van der Waals surface area contributed by atoms with Crippen LogP contribution in [0.25, 0.3) is 5.76 Å². The van der Waals surface area contributed by atoms with E-state index in [-0.39, 0.29) is 73.9 Å². The second-order valence-electron chi connectivity index (χ2n) is 11.0. The summed E-state index contributed by atoms with van der Waals surface area (Å²) in [5, 5.41) is 44.2. The summed E-state index contributed by atoms with van der Waals surface area (Å²) in [5.41, 5.74) is 0.572.